The number of hydrogen-bond acceptors (Lipinski definition) is 7. The predicted octanol–water partition coefficient (Wildman–Crippen LogP) is 3.33. The predicted molar refractivity (Wildman–Crippen MR) is 111 cm³/mol. The summed E-state index contributed by atoms with van der Waals surface area (Å²) in [7, 11) is 0. The first-order valence-corrected chi connectivity index (χ1v) is 10.5. The van der Waals surface area contributed by atoms with Gasteiger partial charge in [-0.2, -0.15) is 9.61 Å². The molecule has 27 heavy (non-hydrogen) atoms. The number of nitrogens with zero attached hydrogens (tertiary/aromatic N) is 4. The van der Waals surface area contributed by atoms with Crippen LogP contribution in [0.25, 0.3) is 5.65 Å². The van der Waals surface area contributed by atoms with Crippen molar-refractivity contribution in [1.82, 2.24) is 24.9 Å². The lowest BCUT2D eigenvalue weighted by Crippen LogP contribution is -2.31. The van der Waals surface area contributed by atoms with E-state index in [2.05, 4.69) is 45.9 Å². The minimum absolute atomic E-state index is 0.379. The minimum Gasteiger partial charge on any atom is -0.370 e. The van der Waals surface area contributed by atoms with E-state index in [0.717, 1.165) is 43.5 Å². The maximum Gasteiger partial charge on any atom is 0.163 e. The Bertz CT molecular complexity index is 866. The zero-order valence-electron chi connectivity index (χ0n) is 15.9. The van der Waals surface area contributed by atoms with Crippen LogP contribution in [0, 0.1) is 5.92 Å². The van der Waals surface area contributed by atoms with Crippen molar-refractivity contribution in [2.45, 2.75) is 39.2 Å². The number of aromatic nitrogens is 4. The smallest absolute Gasteiger partial charge is 0.163 e. The first-order valence-electron chi connectivity index (χ1n) is 9.65. The fraction of sp³-hybridized carbons (Fsp3) is 0.526. The molecule has 0 aliphatic carbocycles. The average Bonchev–Trinajstić information content (AvgIpc) is 3.35. The summed E-state index contributed by atoms with van der Waals surface area (Å²) in [4.78, 5) is 10.2. The van der Waals surface area contributed by atoms with Crippen LogP contribution in [0.1, 0.15) is 43.0 Å². The Morgan fingerprint density at radius 2 is 2.11 bits per heavy atom. The highest BCUT2D eigenvalue weighted by Gasteiger charge is 2.16. The first kappa shape index (κ1) is 18.2. The van der Waals surface area contributed by atoms with E-state index in [1.165, 1.54) is 23.3 Å². The summed E-state index contributed by atoms with van der Waals surface area (Å²) < 4.78 is 1.91. The number of piperidine rings is 1. The van der Waals surface area contributed by atoms with Crippen molar-refractivity contribution in [3.05, 3.63) is 34.4 Å². The molecular formula is C19H27N7S. The second-order valence-electron chi connectivity index (χ2n) is 7.41. The summed E-state index contributed by atoms with van der Waals surface area (Å²) in [5.41, 5.74) is 3.95. The second-order valence-corrected chi connectivity index (χ2v) is 8.38. The average molecular weight is 386 g/mol. The van der Waals surface area contributed by atoms with E-state index < -0.39 is 0 Å². The molecular weight excluding hydrogens is 358 g/mol. The molecule has 1 fully saturated rings. The molecule has 8 heteroatoms. The molecule has 7 nitrogen and oxygen atoms in total. The third kappa shape index (κ3) is 4.22. The minimum atomic E-state index is 0.379. The fourth-order valence-corrected chi connectivity index (χ4v) is 3.98. The lowest BCUT2D eigenvalue weighted by molar-refractivity contribution is 0.389. The molecule has 0 saturated carbocycles. The van der Waals surface area contributed by atoms with Crippen molar-refractivity contribution in [3.63, 3.8) is 0 Å². The van der Waals surface area contributed by atoms with Crippen molar-refractivity contribution in [1.29, 1.82) is 0 Å². The highest BCUT2D eigenvalue weighted by Crippen LogP contribution is 2.25. The zero-order valence-corrected chi connectivity index (χ0v) is 16.7. The molecule has 0 bridgehead atoms. The van der Waals surface area contributed by atoms with Crippen LogP contribution >= 0.6 is 11.3 Å². The summed E-state index contributed by atoms with van der Waals surface area (Å²) in [6, 6.07) is 2.06. The summed E-state index contributed by atoms with van der Waals surface area (Å²) in [5.74, 6) is 2.94. The molecule has 1 aliphatic heterocycles. The van der Waals surface area contributed by atoms with Crippen molar-refractivity contribution in [2.24, 2.45) is 5.92 Å². The van der Waals surface area contributed by atoms with Crippen LogP contribution in [-0.2, 0) is 6.54 Å². The van der Waals surface area contributed by atoms with Crippen LogP contribution in [0.15, 0.2) is 24.0 Å². The van der Waals surface area contributed by atoms with Crippen LogP contribution in [0.4, 0.5) is 11.6 Å². The van der Waals surface area contributed by atoms with Gasteiger partial charge in [-0.3, -0.25) is 4.98 Å². The molecule has 1 saturated heterocycles. The van der Waals surface area contributed by atoms with Gasteiger partial charge in [-0.15, -0.1) is 11.3 Å². The molecule has 0 unspecified atom stereocenters. The van der Waals surface area contributed by atoms with Gasteiger partial charge in [0.2, 0.25) is 0 Å². The Kier molecular flexibility index (Phi) is 5.54. The number of anilines is 2. The standard InChI is InChI=1S/C19H27N7S/c1-13(2)16-11-24-26-18(23-10-15-9-21-12-27-15)7-17(25-19(16)26)22-8-14-3-5-20-6-4-14/h7,9,11-14,20,23H,3-6,8,10H2,1-2H3,(H,22,25). The van der Waals surface area contributed by atoms with Gasteiger partial charge in [0.15, 0.2) is 5.65 Å². The van der Waals surface area contributed by atoms with Gasteiger partial charge in [0.1, 0.15) is 11.6 Å². The van der Waals surface area contributed by atoms with E-state index in [1.54, 1.807) is 11.3 Å². The SMILES string of the molecule is CC(C)c1cnn2c(NCc3cncs3)cc(NCC3CCNCC3)nc12. The zero-order chi connectivity index (χ0) is 18.6. The number of hydrogen-bond donors (Lipinski definition) is 3. The summed E-state index contributed by atoms with van der Waals surface area (Å²) in [6.45, 7) is 8.27. The van der Waals surface area contributed by atoms with Crippen LogP contribution in [-0.4, -0.2) is 39.2 Å². The molecule has 1 aliphatic rings. The largest absolute Gasteiger partial charge is 0.370 e. The van der Waals surface area contributed by atoms with Gasteiger partial charge in [-0.1, -0.05) is 13.8 Å². The van der Waals surface area contributed by atoms with Gasteiger partial charge in [-0.05, 0) is 37.8 Å². The van der Waals surface area contributed by atoms with E-state index in [0.29, 0.717) is 11.8 Å². The van der Waals surface area contributed by atoms with Crippen LogP contribution in [0.3, 0.4) is 0 Å². The molecule has 3 aromatic heterocycles. The topological polar surface area (TPSA) is 79.2 Å². The molecule has 4 heterocycles. The molecule has 0 spiro atoms. The summed E-state index contributed by atoms with van der Waals surface area (Å²) >= 11 is 1.65. The van der Waals surface area contributed by atoms with Gasteiger partial charge in [0.25, 0.3) is 0 Å². The summed E-state index contributed by atoms with van der Waals surface area (Å²) in [6.07, 6.45) is 6.27. The lowest BCUT2D eigenvalue weighted by atomic mass is 9.98. The van der Waals surface area contributed by atoms with E-state index in [9.17, 15) is 0 Å². The molecule has 3 N–H and O–H groups in total. The number of thiazole rings is 1. The Labute approximate surface area is 163 Å². The molecule has 0 amide bonds. The fourth-order valence-electron chi connectivity index (χ4n) is 3.45. The molecule has 0 radical (unpaired) electrons. The molecule has 144 valence electrons. The van der Waals surface area contributed by atoms with Crippen LogP contribution in [0.2, 0.25) is 0 Å². The Morgan fingerprint density at radius 1 is 1.26 bits per heavy atom. The van der Waals surface area contributed by atoms with Crippen LogP contribution in [0.5, 0.6) is 0 Å². The monoisotopic (exact) mass is 385 g/mol. The van der Waals surface area contributed by atoms with E-state index in [4.69, 9.17) is 4.98 Å². The van der Waals surface area contributed by atoms with Gasteiger partial charge in [0, 0.05) is 29.2 Å². The Morgan fingerprint density at radius 3 is 2.85 bits per heavy atom. The van der Waals surface area contributed by atoms with Crippen LogP contribution < -0.4 is 16.0 Å². The third-order valence-corrected chi connectivity index (χ3v) is 5.86. The van der Waals surface area contributed by atoms with Crippen molar-refractivity contribution in [2.75, 3.05) is 30.3 Å². The molecule has 0 atom stereocenters. The molecule has 3 aromatic rings. The lowest BCUT2D eigenvalue weighted by Gasteiger charge is -2.23. The third-order valence-electron chi connectivity index (χ3n) is 5.08. The van der Waals surface area contributed by atoms with E-state index in [-0.39, 0.29) is 0 Å². The van der Waals surface area contributed by atoms with Gasteiger partial charge in [-0.25, -0.2) is 4.98 Å². The Balaban J connectivity index is 1.58. The van der Waals surface area contributed by atoms with Gasteiger partial charge < -0.3 is 16.0 Å². The second kappa shape index (κ2) is 8.22. The van der Waals surface area contributed by atoms with Crippen molar-refractivity contribution >= 4 is 28.6 Å². The number of rotatable bonds is 7. The quantitative estimate of drug-likeness (QED) is 0.579. The normalized spacial score (nSPS) is 15.5. The van der Waals surface area contributed by atoms with E-state index >= 15 is 0 Å². The number of nitrogens with one attached hydrogen (secondary N) is 3. The maximum atomic E-state index is 4.87. The maximum absolute atomic E-state index is 4.87. The van der Waals surface area contributed by atoms with E-state index in [1.807, 2.05) is 22.4 Å². The highest BCUT2D eigenvalue weighted by atomic mass is 32.1. The van der Waals surface area contributed by atoms with Crippen molar-refractivity contribution in [3.8, 4) is 0 Å². The Hall–Kier alpha value is -2.19. The van der Waals surface area contributed by atoms with Crippen molar-refractivity contribution < 1.29 is 0 Å². The highest BCUT2D eigenvalue weighted by molar-refractivity contribution is 7.09. The molecule has 4 rings (SSSR count). The van der Waals surface area contributed by atoms with Gasteiger partial charge in [0.05, 0.1) is 18.3 Å². The van der Waals surface area contributed by atoms with Gasteiger partial charge >= 0.3 is 0 Å². The first-order chi connectivity index (χ1) is 13.2. The summed E-state index contributed by atoms with van der Waals surface area (Å²) in [5, 5.41) is 15.1. The number of fused-ring (bicyclic) bond motifs is 1. The molecule has 0 aromatic carbocycles.